The normalized spacial score (nSPS) is 11.5. The van der Waals surface area contributed by atoms with Gasteiger partial charge in [-0.2, -0.15) is 4.68 Å². The van der Waals surface area contributed by atoms with Crippen LogP contribution in [0.2, 0.25) is 0 Å². The average Bonchev–Trinajstić information content (AvgIpc) is 2.96. The quantitative estimate of drug-likeness (QED) is 0.798. The number of rotatable bonds is 3. The van der Waals surface area contributed by atoms with Crippen LogP contribution in [-0.2, 0) is 6.54 Å². The molecule has 1 amide bonds. The molecule has 0 bridgehead atoms. The highest BCUT2D eigenvalue weighted by Crippen LogP contribution is 2.22. The highest BCUT2D eigenvalue weighted by Gasteiger charge is 2.30. The van der Waals surface area contributed by atoms with Gasteiger partial charge in [-0.15, -0.1) is 18.3 Å². The molecule has 9 heteroatoms. The van der Waals surface area contributed by atoms with Crippen molar-refractivity contribution >= 4 is 17.1 Å². The molecular weight excluding hydrogens is 325 g/mol. The van der Waals surface area contributed by atoms with E-state index in [0.29, 0.717) is 16.6 Å². The molecule has 6 nitrogen and oxygen atoms in total. The minimum atomic E-state index is -4.73. The first kappa shape index (κ1) is 15.8. The van der Waals surface area contributed by atoms with Crippen LogP contribution in [0.5, 0.6) is 5.75 Å². The first-order valence-corrected chi connectivity index (χ1v) is 6.86. The second-order valence-electron chi connectivity index (χ2n) is 4.84. The van der Waals surface area contributed by atoms with Gasteiger partial charge < -0.3 is 10.1 Å². The SMILES string of the molecule is O=C(NCc1ccc(OC(F)(F)F)cc1)n1nnc2ccccc21. The summed E-state index contributed by atoms with van der Waals surface area (Å²) in [6, 6.07) is 11.7. The molecule has 2 aromatic carbocycles. The van der Waals surface area contributed by atoms with Gasteiger partial charge in [0.15, 0.2) is 0 Å². The van der Waals surface area contributed by atoms with E-state index in [-0.39, 0.29) is 12.3 Å². The molecule has 1 aromatic heterocycles. The fourth-order valence-corrected chi connectivity index (χ4v) is 2.08. The van der Waals surface area contributed by atoms with E-state index in [1.807, 2.05) is 0 Å². The molecule has 3 aromatic rings. The third kappa shape index (κ3) is 3.62. The molecule has 1 heterocycles. The minimum absolute atomic E-state index is 0.124. The van der Waals surface area contributed by atoms with E-state index in [0.717, 1.165) is 4.68 Å². The maximum atomic E-state index is 12.1. The van der Waals surface area contributed by atoms with Crippen molar-refractivity contribution in [3.63, 3.8) is 0 Å². The van der Waals surface area contributed by atoms with E-state index in [9.17, 15) is 18.0 Å². The van der Waals surface area contributed by atoms with Gasteiger partial charge in [0.2, 0.25) is 0 Å². The highest BCUT2D eigenvalue weighted by molar-refractivity contribution is 5.87. The van der Waals surface area contributed by atoms with Crippen molar-refractivity contribution in [1.29, 1.82) is 0 Å². The molecule has 3 rings (SSSR count). The van der Waals surface area contributed by atoms with Crippen LogP contribution in [0.3, 0.4) is 0 Å². The van der Waals surface area contributed by atoms with Gasteiger partial charge in [0.1, 0.15) is 11.3 Å². The third-order valence-electron chi connectivity index (χ3n) is 3.14. The molecule has 0 radical (unpaired) electrons. The van der Waals surface area contributed by atoms with Crippen molar-refractivity contribution in [3.8, 4) is 5.75 Å². The van der Waals surface area contributed by atoms with Crippen molar-refractivity contribution in [2.45, 2.75) is 12.9 Å². The zero-order valence-electron chi connectivity index (χ0n) is 12.1. The molecule has 0 aliphatic rings. The fourth-order valence-electron chi connectivity index (χ4n) is 2.08. The molecule has 0 atom stereocenters. The number of halogens is 3. The summed E-state index contributed by atoms with van der Waals surface area (Å²) < 4.78 is 41.2. The number of hydrogen-bond donors (Lipinski definition) is 1. The Bertz CT molecular complexity index is 859. The van der Waals surface area contributed by atoms with E-state index in [2.05, 4.69) is 20.4 Å². The molecule has 0 unspecified atom stereocenters. The number of hydrogen-bond acceptors (Lipinski definition) is 4. The maximum absolute atomic E-state index is 12.1. The predicted octanol–water partition coefficient (Wildman–Crippen LogP) is 3.09. The minimum Gasteiger partial charge on any atom is -0.406 e. The Morgan fingerprint density at radius 1 is 1.12 bits per heavy atom. The standard InChI is InChI=1S/C15H11F3N4O2/c16-15(17,18)24-11-7-5-10(6-8-11)9-19-14(23)22-13-4-2-1-3-12(13)20-21-22/h1-8H,9H2,(H,19,23). The summed E-state index contributed by atoms with van der Waals surface area (Å²) in [6.45, 7) is 0.124. The number of aromatic nitrogens is 3. The Balaban J connectivity index is 1.64. The van der Waals surface area contributed by atoms with Crippen LogP contribution in [0.1, 0.15) is 5.56 Å². The summed E-state index contributed by atoms with van der Waals surface area (Å²) in [6.07, 6.45) is -4.73. The Kier molecular flexibility index (Phi) is 4.07. The Labute approximate surface area is 133 Å². The van der Waals surface area contributed by atoms with Crippen LogP contribution < -0.4 is 10.1 Å². The van der Waals surface area contributed by atoms with Crippen LogP contribution >= 0.6 is 0 Å². The van der Waals surface area contributed by atoms with Crippen molar-refractivity contribution in [3.05, 3.63) is 54.1 Å². The average molecular weight is 336 g/mol. The monoisotopic (exact) mass is 336 g/mol. The van der Waals surface area contributed by atoms with Crippen LogP contribution in [0.4, 0.5) is 18.0 Å². The predicted molar refractivity (Wildman–Crippen MR) is 78.3 cm³/mol. The third-order valence-corrected chi connectivity index (χ3v) is 3.14. The van der Waals surface area contributed by atoms with Gasteiger partial charge in [0, 0.05) is 6.54 Å². The first-order chi connectivity index (χ1) is 11.4. The van der Waals surface area contributed by atoms with Crippen LogP contribution in [0.15, 0.2) is 48.5 Å². The molecule has 0 aliphatic carbocycles. The summed E-state index contributed by atoms with van der Waals surface area (Å²) in [5.74, 6) is -0.320. The molecule has 0 aliphatic heterocycles. The molecule has 0 saturated heterocycles. The molecular formula is C15H11F3N4O2. The number of amides is 1. The number of nitrogens with zero attached hydrogens (tertiary/aromatic N) is 3. The number of carbonyl (C=O) groups excluding carboxylic acids is 1. The molecule has 0 fully saturated rings. The lowest BCUT2D eigenvalue weighted by Crippen LogP contribution is -2.28. The largest absolute Gasteiger partial charge is 0.573 e. The van der Waals surface area contributed by atoms with E-state index in [4.69, 9.17) is 0 Å². The van der Waals surface area contributed by atoms with Crippen LogP contribution in [0.25, 0.3) is 11.0 Å². The maximum Gasteiger partial charge on any atom is 0.573 e. The number of nitrogens with one attached hydrogen (secondary N) is 1. The van der Waals surface area contributed by atoms with Gasteiger partial charge in [-0.3, -0.25) is 0 Å². The zero-order valence-corrected chi connectivity index (χ0v) is 12.1. The summed E-state index contributed by atoms with van der Waals surface area (Å²) in [4.78, 5) is 12.1. The topological polar surface area (TPSA) is 69.0 Å². The second-order valence-corrected chi connectivity index (χ2v) is 4.84. The van der Waals surface area contributed by atoms with Crippen molar-refractivity contribution in [1.82, 2.24) is 20.3 Å². The first-order valence-electron chi connectivity index (χ1n) is 6.86. The fraction of sp³-hybridized carbons (Fsp3) is 0.133. The summed E-state index contributed by atoms with van der Waals surface area (Å²) in [7, 11) is 0. The van der Waals surface area contributed by atoms with Crippen molar-refractivity contribution in [2.75, 3.05) is 0 Å². The lowest BCUT2D eigenvalue weighted by molar-refractivity contribution is -0.274. The van der Waals surface area contributed by atoms with Crippen LogP contribution in [0, 0.1) is 0 Å². The Morgan fingerprint density at radius 3 is 2.54 bits per heavy atom. The number of carbonyl (C=O) groups is 1. The molecule has 24 heavy (non-hydrogen) atoms. The van der Waals surface area contributed by atoms with Gasteiger partial charge in [-0.05, 0) is 29.8 Å². The van der Waals surface area contributed by atoms with Crippen molar-refractivity contribution < 1.29 is 22.7 Å². The molecule has 124 valence electrons. The highest BCUT2D eigenvalue weighted by atomic mass is 19.4. The van der Waals surface area contributed by atoms with Crippen molar-refractivity contribution in [2.24, 2.45) is 0 Å². The number of alkyl halides is 3. The lowest BCUT2D eigenvalue weighted by Gasteiger charge is -2.09. The van der Waals surface area contributed by atoms with E-state index in [1.165, 1.54) is 24.3 Å². The van der Waals surface area contributed by atoms with E-state index < -0.39 is 12.4 Å². The van der Waals surface area contributed by atoms with Gasteiger partial charge in [0.05, 0.1) is 5.52 Å². The van der Waals surface area contributed by atoms with Gasteiger partial charge in [-0.25, -0.2) is 4.79 Å². The smallest absolute Gasteiger partial charge is 0.406 e. The number of fused-ring (bicyclic) bond motifs is 1. The number of para-hydroxylation sites is 1. The number of benzene rings is 2. The van der Waals surface area contributed by atoms with Gasteiger partial charge in [0.25, 0.3) is 0 Å². The lowest BCUT2D eigenvalue weighted by atomic mass is 10.2. The second kappa shape index (κ2) is 6.19. The van der Waals surface area contributed by atoms with Crippen LogP contribution in [-0.4, -0.2) is 27.4 Å². The Hall–Kier alpha value is -3.10. The summed E-state index contributed by atoms with van der Waals surface area (Å²) in [5.41, 5.74) is 1.76. The zero-order chi connectivity index (χ0) is 17.2. The van der Waals surface area contributed by atoms with Gasteiger partial charge >= 0.3 is 12.4 Å². The summed E-state index contributed by atoms with van der Waals surface area (Å²) in [5, 5.41) is 10.3. The van der Waals surface area contributed by atoms with E-state index in [1.54, 1.807) is 24.3 Å². The molecule has 0 spiro atoms. The molecule has 1 N–H and O–H groups in total. The Morgan fingerprint density at radius 2 is 1.83 bits per heavy atom. The number of ether oxygens (including phenoxy) is 1. The van der Waals surface area contributed by atoms with E-state index >= 15 is 0 Å². The molecule has 0 saturated carbocycles. The van der Waals surface area contributed by atoms with Gasteiger partial charge in [-0.1, -0.05) is 29.5 Å². The summed E-state index contributed by atoms with van der Waals surface area (Å²) >= 11 is 0.